The molecule has 0 aromatic carbocycles. The lowest BCUT2D eigenvalue weighted by Gasteiger charge is -2.21. The van der Waals surface area contributed by atoms with Crippen LogP contribution in [0.25, 0.3) is 0 Å². The summed E-state index contributed by atoms with van der Waals surface area (Å²) in [5.41, 5.74) is 0. The molecule has 0 amide bonds. The Bertz CT molecular complexity index is 1660. The lowest BCUT2D eigenvalue weighted by molar-refractivity contribution is -0.161. The number of aliphatic hydroxyl groups excluding tert-OH is 1. The molecule has 0 rings (SSSR count). The van der Waals surface area contributed by atoms with Gasteiger partial charge in [0.1, 0.15) is 12.7 Å². The summed E-state index contributed by atoms with van der Waals surface area (Å²) in [6.45, 7) is 4.33. The van der Waals surface area contributed by atoms with Crippen molar-refractivity contribution in [2.24, 2.45) is 0 Å². The molecule has 0 aliphatic rings. The van der Waals surface area contributed by atoms with Crippen molar-refractivity contribution >= 4 is 25.7 Å². The van der Waals surface area contributed by atoms with Crippen molar-refractivity contribution < 1.29 is 52.2 Å². The molecule has 0 fully saturated rings. The van der Waals surface area contributed by atoms with Gasteiger partial charge in [-0.15, -0.1) is 0 Å². The SMILES string of the molecule is CC/C=C\C/C=C\C/C=C\C/C=C\CCCCCCC(=O)OCC(COP(=O)(O)OCC(CO)OC(=O)CCCCCCC/C=C\CCCCCC)OC(=O)CCCCCC/C=C\C/C=C\C/C=C\C/C=C\CC. The van der Waals surface area contributed by atoms with Crippen molar-refractivity contribution in [2.75, 3.05) is 26.4 Å². The third-order valence-corrected chi connectivity index (χ3v) is 12.6. The predicted octanol–water partition coefficient (Wildman–Crippen LogP) is 17.0. The highest BCUT2D eigenvalue weighted by molar-refractivity contribution is 7.47. The number of phosphoric acid groups is 1. The molecule has 12 heteroatoms. The predicted molar refractivity (Wildman–Crippen MR) is 307 cm³/mol. The quantitative estimate of drug-likeness (QED) is 0.0197. The van der Waals surface area contributed by atoms with Gasteiger partial charge in [0.05, 0.1) is 19.8 Å². The van der Waals surface area contributed by atoms with E-state index >= 15 is 0 Å². The molecule has 0 spiro atoms. The van der Waals surface area contributed by atoms with E-state index in [4.69, 9.17) is 23.3 Å². The molecule has 0 radical (unpaired) electrons. The monoisotopic (exact) mass is 1050 g/mol. The Hall–Kier alpha value is -3.86. The summed E-state index contributed by atoms with van der Waals surface area (Å²) in [7, 11) is -4.77. The maximum atomic E-state index is 12.9. The van der Waals surface area contributed by atoms with E-state index in [9.17, 15) is 28.9 Å². The van der Waals surface area contributed by atoms with Crippen LogP contribution in [0.1, 0.15) is 226 Å². The maximum Gasteiger partial charge on any atom is 0.472 e. The molecule has 0 aliphatic heterocycles. The Morgan fingerprint density at radius 3 is 1.09 bits per heavy atom. The van der Waals surface area contributed by atoms with E-state index in [1.165, 1.54) is 25.7 Å². The smallest absolute Gasteiger partial charge is 0.462 e. The van der Waals surface area contributed by atoms with Crippen LogP contribution >= 0.6 is 7.82 Å². The summed E-state index contributed by atoms with van der Waals surface area (Å²) >= 11 is 0. The molecule has 0 aromatic rings. The molecule has 0 saturated heterocycles. The number of carbonyl (C=O) groups excluding carboxylic acids is 3. The number of esters is 3. The second-order valence-electron chi connectivity index (χ2n) is 18.7. The van der Waals surface area contributed by atoms with Gasteiger partial charge < -0.3 is 24.2 Å². The van der Waals surface area contributed by atoms with Crippen LogP contribution < -0.4 is 0 Å². The first-order valence-corrected chi connectivity index (χ1v) is 30.3. The van der Waals surface area contributed by atoms with Crippen LogP contribution in [0.2, 0.25) is 0 Å². The number of unbranched alkanes of at least 4 members (excludes halogenated alkanes) is 17. The number of hydrogen-bond acceptors (Lipinski definition) is 10. The molecule has 3 unspecified atom stereocenters. The number of ether oxygens (including phenoxy) is 3. The standard InChI is InChI=1S/C62H103O11P/c1-4-7-10-13-16-19-22-25-27-29-31-34-36-39-42-45-48-51-60(64)69-55-59(73-62(66)53-50-47-44-41-38-35-32-30-28-26-23-20-17-14-11-8-5-2)57-71-74(67,68)70-56-58(54-63)72-61(65)52-49-46-43-40-37-33-24-21-18-15-12-9-6-3/h7-8,10-11,16-17,19-21,24-28,31-32,34-35,58-59,63H,4-6,9,12-15,18,22-23,29-30,33,36-57H2,1-3H3,(H,67,68)/b10-7-,11-8-,19-16-,20-17-,24-21-,27-25-,28-26-,34-31-,35-32-. The van der Waals surface area contributed by atoms with Crippen molar-refractivity contribution in [3.8, 4) is 0 Å². The highest BCUT2D eigenvalue weighted by atomic mass is 31.2. The molecule has 11 nitrogen and oxygen atoms in total. The van der Waals surface area contributed by atoms with Crippen LogP contribution in [-0.4, -0.2) is 66.5 Å². The summed E-state index contributed by atoms with van der Waals surface area (Å²) in [5, 5.41) is 9.81. The van der Waals surface area contributed by atoms with E-state index in [0.29, 0.717) is 19.3 Å². The van der Waals surface area contributed by atoms with Gasteiger partial charge >= 0.3 is 25.7 Å². The van der Waals surface area contributed by atoms with E-state index in [1.807, 2.05) is 0 Å². The fourth-order valence-electron chi connectivity index (χ4n) is 7.33. The van der Waals surface area contributed by atoms with Crippen LogP contribution in [-0.2, 0) is 42.2 Å². The summed E-state index contributed by atoms with van der Waals surface area (Å²) < 4.78 is 39.5. The molecule has 0 aliphatic carbocycles. The van der Waals surface area contributed by atoms with Crippen LogP contribution in [0, 0.1) is 0 Å². The number of carbonyl (C=O) groups is 3. The van der Waals surface area contributed by atoms with Gasteiger partial charge in [0, 0.05) is 19.3 Å². The average molecular weight is 1060 g/mol. The van der Waals surface area contributed by atoms with E-state index in [1.54, 1.807) is 0 Å². The van der Waals surface area contributed by atoms with Gasteiger partial charge in [-0.3, -0.25) is 23.4 Å². The Morgan fingerprint density at radius 2 is 0.703 bits per heavy atom. The molecular formula is C62H103O11P. The van der Waals surface area contributed by atoms with Crippen molar-refractivity contribution in [3.05, 3.63) is 109 Å². The van der Waals surface area contributed by atoms with Crippen molar-refractivity contribution in [2.45, 2.75) is 238 Å². The van der Waals surface area contributed by atoms with Gasteiger partial charge in [-0.1, -0.05) is 194 Å². The normalized spacial score (nSPS) is 14.2. The molecular weight excluding hydrogens is 952 g/mol. The molecule has 0 bridgehead atoms. The minimum Gasteiger partial charge on any atom is -0.462 e. The van der Waals surface area contributed by atoms with E-state index < -0.39 is 57.8 Å². The number of rotatable bonds is 52. The number of allylic oxidation sites excluding steroid dienone is 18. The van der Waals surface area contributed by atoms with Gasteiger partial charge in [-0.25, -0.2) is 4.57 Å². The maximum absolute atomic E-state index is 12.9. The van der Waals surface area contributed by atoms with Crippen molar-refractivity contribution in [1.82, 2.24) is 0 Å². The minimum atomic E-state index is -4.77. The van der Waals surface area contributed by atoms with Crippen LogP contribution in [0.5, 0.6) is 0 Å². The second kappa shape index (κ2) is 55.4. The van der Waals surface area contributed by atoms with E-state index in [2.05, 4.69) is 130 Å². The van der Waals surface area contributed by atoms with E-state index in [0.717, 1.165) is 141 Å². The summed E-state index contributed by atoms with van der Waals surface area (Å²) in [5.74, 6) is -1.54. The molecule has 0 heterocycles. The van der Waals surface area contributed by atoms with Crippen LogP contribution in [0.15, 0.2) is 109 Å². The fraction of sp³-hybridized carbons (Fsp3) is 0.661. The zero-order valence-corrected chi connectivity index (χ0v) is 47.4. The third kappa shape index (κ3) is 53.0. The largest absolute Gasteiger partial charge is 0.472 e. The first kappa shape index (κ1) is 70.1. The molecule has 0 saturated carbocycles. The molecule has 422 valence electrons. The zero-order valence-electron chi connectivity index (χ0n) is 46.5. The Morgan fingerprint density at radius 1 is 0.392 bits per heavy atom. The van der Waals surface area contributed by atoms with Crippen molar-refractivity contribution in [1.29, 1.82) is 0 Å². The fourth-order valence-corrected chi connectivity index (χ4v) is 8.12. The first-order chi connectivity index (χ1) is 36.2. The minimum absolute atomic E-state index is 0.128. The summed E-state index contributed by atoms with van der Waals surface area (Å²) in [6, 6.07) is 0. The van der Waals surface area contributed by atoms with Crippen molar-refractivity contribution in [3.63, 3.8) is 0 Å². The van der Waals surface area contributed by atoms with Gasteiger partial charge in [-0.2, -0.15) is 0 Å². The van der Waals surface area contributed by atoms with Gasteiger partial charge in [-0.05, 0) is 122 Å². The Labute approximate surface area is 450 Å². The number of aliphatic hydroxyl groups is 1. The topological polar surface area (TPSA) is 155 Å². The average Bonchev–Trinajstić information content (AvgIpc) is 3.39. The molecule has 3 atom stereocenters. The highest BCUT2D eigenvalue weighted by Crippen LogP contribution is 2.43. The molecule has 2 N–H and O–H groups in total. The molecule has 74 heavy (non-hydrogen) atoms. The first-order valence-electron chi connectivity index (χ1n) is 28.8. The molecule has 0 aromatic heterocycles. The lowest BCUT2D eigenvalue weighted by atomic mass is 10.1. The third-order valence-electron chi connectivity index (χ3n) is 11.7. The van der Waals surface area contributed by atoms with Crippen LogP contribution in [0.3, 0.4) is 0 Å². The van der Waals surface area contributed by atoms with Gasteiger partial charge in [0.25, 0.3) is 0 Å². The summed E-state index contributed by atoms with van der Waals surface area (Å²) in [6.07, 6.45) is 66.1. The van der Waals surface area contributed by atoms with Crippen LogP contribution in [0.4, 0.5) is 0 Å². The van der Waals surface area contributed by atoms with Gasteiger partial charge in [0.15, 0.2) is 6.10 Å². The van der Waals surface area contributed by atoms with E-state index in [-0.39, 0.29) is 25.9 Å². The Balaban J connectivity index is 4.84. The van der Waals surface area contributed by atoms with Gasteiger partial charge in [0.2, 0.25) is 0 Å². The highest BCUT2D eigenvalue weighted by Gasteiger charge is 2.28. The lowest BCUT2D eigenvalue weighted by Crippen LogP contribution is -2.30. The zero-order chi connectivity index (χ0) is 54.1. The second-order valence-corrected chi connectivity index (χ2v) is 20.1. The summed E-state index contributed by atoms with van der Waals surface area (Å²) in [4.78, 5) is 48.5. The Kier molecular flexibility index (Phi) is 52.5. The number of phosphoric ester groups is 1. The number of hydrogen-bond donors (Lipinski definition) is 2.